The van der Waals surface area contributed by atoms with Crippen molar-refractivity contribution in [2.24, 2.45) is 0 Å². The molecule has 94 valence electrons. The van der Waals surface area contributed by atoms with Gasteiger partial charge in [0.05, 0.1) is 17.3 Å². The Kier molecular flexibility index (Phi) is 4.21. The topological polar surface area (TPSA) is 102 Å². The Morgan fingerprint density at radius 1 is 1.50 bits per heavy atom. The van der Waals surface area contributed by atoms with Gasteiger partial charge in [-0.2, -0.15) is 5.26 Å². The first kappa shape index (κ1) is 13.4. The number of aliphatic carboxylic acids is 1. The van der Waals surface area contributed by atoms with E-state index in [-0.39, 0.29) is 11.3 Å². The van der Waals surface area contributed by atoms with Crippen LogP contribution in [0.4, 0.5) is 14.9 Å². The number of urea groups is 1. The van der Waals surface area contributed by atoms with Gasteiger partial charge in [-0.15, -0.1) is 0 Å². The van der Waals surface area contributed by atoms with E-state index in [0.29, 0.717) is 0 Å². The van der Waals surface area contributed by atoms with Crippen molar-refractivity contribution in [1.29, 1.82) is 5.26 Å². The number of hydrogen-bond acceptors (Lipinski definition) is 3. The molecule has 3 N–H and O–H groups in total. The number of carbonyl (C=O) groups excluding carboxylic acids is 1. The Bertz CT molecular complexity index is 525. The molecule has 1 aromatic carbocycles. The summed E-state index contributed by atoms with van der Waals surface area (Å²) in [5, 5.41) is 21.4. The molecule has 0 unspecified atom stereocenters. The first-order valence-electron chi connectivity index (χ1n) is 4.94. The Morgan fingerprint density at radius 3 is 2.67 bits per heavy atom. The normalized spacial score (nSPS) is 11.2. The summed E-state index contributed by atoms with van der Waals surface area (Å²) in [5.41, 5.74) is -0.0125. The van der Waals surface area contributed by atoms with E-state index < -0.39 is 23.9 Å². The van der Waals surface area contributed by atoms with Crippen molar-refractivity contribution in [2.75, 3.05) is 5.32 Å². The molecule has 0 heterocycles. The monoisotopic (exact) mass is 251 g/mol. The number of anilines is 1. The molecule has 0 spiro atoms. The van der Waals surface area contributed by atoms with Gasteiger partial charge < -0.3 is 15.7 Å². The van der Waals surface area contributed by atoms with Crippen LogP contribution in [0.15, 0.2) is 18.2 Å². The van der Waals surface area contributed by atoms with Crippen molar-refractivity contribution >= 4 is 17.7 Å². The number of nitriles is 1. The van der Waals surface area contributed by atoms with Crippen LogP contribution in [0.1, 0.15) is 12.5 Å². The number of nitrogens with one attached hydrogen (secondary N) is 2. The van der Waals surface area contributed by atoms with Crippen molar-refractivity contribution in [1.82, 2.24) is 5.32 Å². The minimum atomic E-state index is -1.20. The molecule has 0 aromatic heterocycles. The number of amides is 2. The minimum Gasteiger partial charge on any atom is -0.480 e. The predicted octanol–water partition coefficient (Wildman–Crippen LogP) is 1.29. The van der Waals surface area contributed by atoms with Crippen LogP contribution >= 0.6 is 0 Å². The van der Waals surface area contributed by atoms with Crippen LogP contribution in [-0.4, -0.2) is 23.1 Å². The van der Waals surface area contributed by atoms with E-state index in [9.17, 15) is 14.0 Å². The highest BCUT2D eigenvalue weighted by Gasteiger charge is 2.14. The fraction of sp³-hybridized carbons (Fsp3) is 0.182. The van der Waals surface area contributed by atoms with Crippen molar-refractivity contribution < 1.29 is 19.1 Å². The molecule has 0 bridgehead atoms. The molecule has 1 rings (SSSR count). The molecule has 0 saturated heterocycles. The zero-order valence-corrected chi connectivity index (χ0v) is 9.40. The molecule has 1 aromatic rings. The molecule has 0 fully saturated rings. The largest absolute Gasteiger partial charge is 0.480 e. The van der Waals surface area contributed by atoms with Crippen molar-refractivity contribution in [2.45, 2.75) is 13.0 Å². The van der Waals surface area contributed by atoms with Crippen molar-refractivity contribution in [3.8, 4) is 6.07 Å². The lowest BCUT2D eigenvalue weighted by Crippen LogP contribution is -2.41. The summed E-state index contributed by atoms with van der Waals surface area (Å²) < 4.78 is 13.4. The van der Waals surface area contributed by atoms with E-state index in [1.165, 1.54) is 19.1 Å². The summed E-state index contributed by atoms with van der Waals surface area (Å²) in [7, 11) is 0. The summed E-state index contributed by atoms with van der Waals surface area (Å²) in [6.07, 6.45) is 0. The van der Waals surface area contributed by atoms with E-state index in [0.717, 1.165) is 6.07 Å². The maximum absolute atomic E-state index is 13.4. The number of hydrogen-bond donors (Lipinski definition) is 3. The second-order valence-corrected chi connectivity index (χ2v) is 3.46. The molecule has 6 nitrogen and oxygen atoms in total. The van der Waals surface area contributed by atoms with Crippen LogP contribution in [0.2, 0.25) is 0 Å². The lowest BCUT2D eigenvalue weighted by Gasteiger charge is -2.11. The van der Waals surface area contributed by atoms with E-state index >= 15 is 0 Å². The molecule has 7 heteroatoms. The van der Waals surface area contributed by atoms with Gasteiger partial charge in [0.15, 0.2) is 0 Å². The van der Waals surface area contributed by atoms with Crippen LogP contribution in [0.5, 0.6) is 0 Å². The average molecular weight is 251 g/mol. The number of carbonyl (C=O) groups is 2. The van der Waals surface area contributed by atoms with E-state index in [1.54, 1.807) is 6.07 Å². The molecule has 18 heavy (non-hydrogen) atoms. The number of nitrogens with zero attached hydrogens (tertiary/aromatic N) is 1. The zero-order valence-electron chi connectivity index (χ0n) is 9.40. The Hall–Kier alpha value is -2.62. The summed E-state index contributed by atoms with van der Waals surface area (Å²) in [6.45, 7) is 1.27. The second-order valence-electron chi connectivity index (χ2n) is 3.46. The number of benzene rings is 1. The van der Waals surface area contributed by atoms with Crippen LogP contribution in [0, 0.1) is 17.1 Å². The highest BCUT2D eigenvalue weighted by atomic mass is 19.1. The van der Waals surface area contributed by atoms with Gasteiger partial charge >= 0.3 is 12.0 Å². The summed E-state index contributed by atoms with van der Waals surface area (Å²) in [5.74, 6) is -1.97. The standard InChI is InChI=1S/C11H10FN3O3/c1-6(10(16)17)14-11(18)15-9-3-2-7(5-13)4-8(9)12/h2-4,6H,1H3,(H,16,17)(H2,14,15,18)/t6-/m0/s1. The van der Waals surface area contributed by atoms with Gasteiger partial charge in [0.25, 0.3) is 0 Å². The highest BCUT2D eigenvalue weighted by molar-refractivity contribution is 5.92. The fourth-order valence-corrected chi connectivity index (χ4v) is 1.10. The lowest BCUT2D eigenvalue weighted by molar-refractivity contribution is -0.138. The van der Waals surface area contributed by atoms with E-state index in [2.05, 4.69) is 10.6 Å². The maximum atomic E-state index is 13.4. The predicted molar refractivity (Wildman–Crippen MR) is 60.4 cm³/mol. The third kappa shape index (κ3) is 3.45. The molecule has 0 aliphatic rings. The molecule has 1 atom stereocenters. The third-order valence-corrected chi connectivity index (χ3v) is 2.06. The van der Waals surface area contributed by atoms with E-state index in [1.807, 2.05) is 0 Å². The molecule has 2 amide bonds. The number of carboxylic acid groups (broad SMARTS) is 1. The molecular formula is C11H10FN3O3. The highest BCUT2D eigenvalue weighted by Crippen LogP contribution is 2.15. The van der Waals surface area contributed by atoms with Gasteiger partial charge in [0.1, 0.15) is 11.9 Å². The molecular weight excluding hydrogens is 241 g/mol. The SMILES string of the molecule is C[C@H](NC(=O)Nc1ccc(C#N)cc1F)C(=O)O. The summed E-state index contributed by atoms with van der Waals surface area (Å²) in [4.78, 5) is 21.8. The van der Waals surface area contributed by atoms with Gasteiger partial charge in [-0.05, 0) is 25.1 Å². The smallest absolute Gasteiger partial charge is 0.325 e. The Labute approximate surface area is 102 Å². The lowest BCUT2D eigenvalue weighted by atomic mass is 10.2. The van der Waals surface area contributed by atoms with Gasteiger partial charge in [0.2, 0.25) is 0 Å². The first-order chi connectivity index (χ1) is 8.43. The summed E-state index contributed by atoms with van der Waals surface area (Å²) >= 11 is 0. The van der Waals surface area contributed by atoms with Gasteiger partial charge in [-0.1, -0.05) is 0 Å². The number of rotatable bonds is 3. The van der Waals surface area contributed by atoms with Crippen LogP contribution in [0.3, 0.4) is 0 Å². The van der Waals surface area contributed by atoms with Crippen LogP contribution in [-0.2, 0) is 4.79 Å². The Balaban J connectivity index is 2.71. The number of halogens is 1. The summed E-state index contributed by atoms with van der Waals surface area (Å²) in [6, 6.07) is 3.34. The van der Waals surface area contributed by atoms with Gasteiger partial charge in [0, 0.05) is 0 Å². The molecule has 0 radical (unpaired) electrons. The fourth-order valence-electron chi connectivity index (χ4n) is 1.10. The second kappa shape index (κ2) is 5.63. The van der Waals surface area contributed by atoms with Crippen LogP contribution < -0.4 is 10.6 Å². The van der Waals surface area contributed by atoms with Crippen molar-refractivity contribution in [3.63, 3.8) is 0 Å². The first-order valence-corrected chi connectivity index (χ1v) is 4.94. The zero-order chi connectivity index (χ0) is 13.7. The molecule has 0 aliphatic heterocycles. The molecule has 0 aliphatic carbocycles. The van der Waals surface area contributed by atoms with Gasteiger partial charge in [-0.25, -0.2) is 9.18 Å². The Morgan fingerprint density at radius 2 is 2.17 bits per heavy atom. The maximum Gasteiger partial charge on any atom is 0.325 e. The van der Waals surface area contributed by atoms with Crippen LogP contribution in [0.25, 0.3) is 0 Å². The quantitative estimate of drug-likeness (QED) is 0.753. The molecule has 0 saturated carbocycles. The average Bonchev–Trinajstić information content (AvgIpc) is 2.31. The van der Waals surface area contributed by atoms with Gasteiger partial charge in [-0.3, -0.25) is 4.79 Å². The number of carboxylic acids is 1. The van der Waals surface area contributed by atoms with E-state index in [4.69, 9.17) is 10.4 Å². The minimum absolute atomic E-state index is 0.123. The third-order valence-electron chi connectivity index (χ3n) is 2.06. The van der Waals surface area contributed by atoms with Crippen molar-refractivity contribution in [3.05, 3.63) is 29.6 Å².